The highest BCUT2D eigenvalue weighted by atomic mass is 127. The van der Waals surface area contributed by atoms with Crippen molar-refractivity contribution in [1.82, 2.24) is 5.43 Å². The molecule has 2 nitrogen and oxygen atoms in total. The number of nitrogens with one attached hydrogen (secondary N) is 1. The normalized spacial score (nSPS) is 12.5. The standard InChI is InChI=1S/C15H16BrIN2/c1-9-3-5-12(10(2)7-9)15(19-18)13-8-11(16)4-6-14(13)17/h3-8,15,19H,18H2,1-2H3. The molecule has 2 aromatic carbocycles. The molecule has 0 fully saturated rings. The summed E-state index contributed by atoms with van der Waals surface area (Å²) in [5, 5.41) is 0. The molecule has 1 atom stereocenters. The van der Waals surface area contributed by atoms with E-state index in [-0.39, 0.29) is 6.04 Å². The van der Waals surface area contributed by atoms with Gasteiger partial charge in [0, 0.05) is 8.04 Å². The Morgan fingerprint density at radius 2 is 1.84 bits per heavy atom. The van der Waals surface area contributed by atoms with E-state index in [9.17, 15) is 0 Å². The maximum atomic E-state index is 5.79. The van der Waals surface area contributed by atoms with Crippen LogP contribution < -0.4 is 11.3 Å². The van der Waals surface area contributed by atoms with Crippen LogP contribution >= 0.6 is 38.5 Å². The number of halogens is 2. The van der Waals surface area contributed by atoms with Gasteiger partial charge in [0.1, 0.15) is 0 Å². The van der Waals surface area contributed by atoms with E-state index in [0.29, 0.717) is 0 Å². The summed E-state index contributed by atoms with van der Waals surface area (Å²) in [6.45, 7) is 4.22. The highest BCUT2D eigenvalue weighted by Crippen LogP contribution is 2.30. The Kier molecular flexibility index (Phi) is 5.00. The first-order valence-electron chi connectivity index (χ1n) is 6.01. The summed E-state index contributed by atoms with van der Waals surface area (Å²) in [5.74, 6) is 5.79. The molecule has 0 aliphatic heterocycles. The molecular formula is C15H16BrIN2. The van der Waals surface area contributed by atoms with E-state index in [1.807, 2.05) is 6.07 Å². The first kappa shape index (κ1) is 15.0. The molecule has 0 radical (unpaired) electrons. The van der Waals surface area contributed by atoms with Gasteiger partial charge in [-0.2, -0.15) is 0 Å². The van der Waals surface area contributed by atoms with Crippen molar-refractivity contribution in [3.05, 3.63) is 66.7 Å². The van der Waals surface area contributed by atoms with Crippen LogP contribution in [-0.2, 0) is 0 Å². The van der Waals surface area contributed by atoms with Crippen molar-refractivity contribution in [3.63, 3.8) is 0 Å². The highest BCUT2D eigenvalue weighted by molar-refractivity contribution is 14.1. The Hall–Kier alpha value is -0.430. The topological polar surface area (TPSA) is 38.0 Å². The van der Waals surface area contributed by atoms with Gasteiger partial charge in [-0.1, -0.05) is 39.7 Å². The van der Waals surface area contributed by atoms with Crippen molar-refractivity contribution in [3.8, 4) is 0 Å². The molecule has 0 heterocycles. The summed E-state index contributed by atoms with van der Waals surface area (Å²) in [6, 6.07) is 12.7. The lowest BCUT2D eigenvalue weighted by Gasteiger charge is -2.21. The number of rotatable bonds is 3. The molecule has 0 aliphatic rings. The first-order valence-corrected chi connectivity index (χ1v) is 7.88. The molecule has 0 amide bonds. The molecule has 0 bridgehead atoms. The zero-order valence-electron chi connectivity index (χ0n) is 10.9. The van der Waals surface area contributed by atoms with Gasteiger partial charge >= 0.3 is 0 Å². The molecule has 1 unspecified atom stereocenters. The average Bonchev–Trinajstić information content (AvgIpc) is 2.36. The average molecular weight is 431 g/mol. The second-order valence-corrected chi connectivity index (χ2v) is 6.70. The lowest BCUT2D eigenvalue weighted by molar-refractivity contribution is 0.631. The smallest absolute Gasteiger partial charge is 0.0723 e. The molecule has 0 aliphatic carbocycles. The van der Waals surface area contributed by atoms with Gasteiger partial charge in [0.15, 0.2) is 0 Å². The molecule has 4 heteroatoms. The monoisotopic (exact) mass is 430 g/mol. The lowest BCUT2D eigenvalue weighted by atomic mass is 9.94. The summed E-state index contributed by atoms with van der Waals surface area (Å²) in [7, 11) is 0. The van der Waals surface area contributed by atoms with E-state index < -0.39 is 0 Å². The minimum Gasteiger partial charge on any atom is -0.271 e. The summed E-state index contributed by atoms with van der Waals surface area (Å²) in [6.07, 6.45) is 0. The Morgan fingerprint density at radius 3 is 2.47 bits per heavy atom. The van der Waals surface area contributed by atoms with E-state index in [2.05, 4.69) is 88.1 Å². The largest absolute Gasteiger partial charge is 0.271 e. The Balaban J connectivity index is 2.52. The number of hydrogen-bond acceptors (Lipinski definition) is 2. The molecule has 0 aromatic heterocycles. The van der Waals surface area contributed by atoms with Crippen LogP contribution in [-0.4, -0.2) is 0 Å². The summed E-state index contributed by atoms with van der Waals surface area (Å²) in [4.78, 5) is 0. The molecule has 0 saturated heterocycles. The summed E-state index contributed by atoms with van der Waals surface area (Å²) >= 11 is 5.87. The van der Waals surface area contributed by atoms with Crippen LogP contribution in [0.2, 0.25) is 0 Å². The third-order valence-corrected chi connectivity index (χ3v) is 4.65. The fraction of sp³-hybridized carbons (Fsp3) is 0.200. The van der Waals surface area contributed by atoms with Gasteiger partial charge in [-0.05, 0) is 71.3 Å². The van der Waals surface area contributed by atoms with Gasteiger partial charge in [0.2, 0.25) is 0 Å². The fourth-order valence-corrected chi connectivity index (χ4v) is 3.26. The zero-order valence-corrected chi connectivity index (χ0v) is 14.6. The SMILES string of the molecule is Cc1ccc(C(NN)c2cc(Br)ccc2I)c(C)c1. The number of nitrogens with two attached hydrogens (primary N) is 1. The lowest BCUT2D eigenvalue weighted by Crippen LogP contribution is -2.30. The third-order valence-electron chi connectivity index (χ3n) is 3.17. The van der Waals surface area contributed by atoms with Crippen molar-refractivity contribution in [2.24, 2.45) is 5.84 Å². The van der Waals surface area contributed by atoms with Gasteiger partial charge in [-0.3, -0.25) is 5.84 Å². The van der Waals surface area contributed by atoms with E-state index in [4.69, 9.17) is 5.84 Å². The van der Waals surface area contributed by atoms with Crippen LogP contribution in [0.5, 0.6) is 0 Å². The number of hydrogen-bond donors (Lipinski definition) is 2. The molecule has 100 valence electrons. The first-order chi connectivity index (χ1) is 9.02. The number of hydrazine groups is 1. The molecule has 0 saturated carbocycles. The second kappa shape index (κ2) is 6.35. The van der Waals surface area contributed by atoms with E-state index >= 15 is 0 Å². The predicted molar refractivity (Wildman–Crippen MR) is 91.9 cm³/mol. The van der Waals surface area contributed by atoms with Crippen molar-refractivity contribution >= 4 is 38.5 Å². The Labute approximate surface area is 136 Å². The fourth-order valence-electron chi connectivity index (χ4n) is 2.23. The van der Waals surface area contributed by atoms with E-state index in [0.717, 1.165) is 4.47 Å². The molecule has 3 N–H and O–H groups in total. The molecule has 0 spiro atoms. The van der Waals surface area contributed by atoms with Gasteiger partial charge in [-0.15, -0.1) is 0 Å². The van der Waals surface area contributed by atoms with E-state index in [1.165, 1.54) is 25.8 Å². The van der Waals surface area contributed by atoms with Crippen LogP contribution in [0.4, 0.5) is 0 Å². The van der Waals surface area contributed by atoms with Crippen molar-refractivity contribution < 1.29 is 0 Å². The molecule has 2 rings (SSSR count). The zero-order chi connectivity index (χ0) is 14.0. The van der Waals surface area contributed by atoms with E-state index in [1.54, 1.807) is 0 Å². The summed E-state index contributed by atoms with van der Waals surface area (Å²) < 4.78 is 2.26. The second-order valence-electron chi connectivity index (χ2n) is 4.63. The molecule has 19 heavy (non-hydrogen) atoms. The van der Waals surface area contributed by atoms with Gasteiger partial charge < -0.3 is 0 Å². The van der Waals surface area contributed by atoms with Gasteiger partial charge in [0.25, 0.3) is 0 Å². The van der Waals surface area contributed by atoms with Crippen LogP contribution in [0.25, 0.3) is 0 Å². The third kappa shape index (κ3) is 3.37. The number of aryl methyl sites for hydroxylation is 2. The Morgan fingerprint density at radius 1 is 1.11 bits per heavy atom. The van der Waals surface area contributed by atoms with Crippen molar-refractivity contribution in [2.45, 2.75) is 19.9 Å². The Bertz CT molecular complexity index is 599. The molecule has 2 aromatic rings. The van der Waals surface area contributed by atoms with Gasteiger partial charge in [-0.25, -0.2) is 5.43 Å². The maximum Gasteiger partial charge on any atom is 0.0723 e. The van der Waals surface area contributed by atoms with Crippen molar-refractivity contribution in [1.29, 1.82) is 0 Å². The quantitative estimate of drug-likeness (QED) is 0.434. The van der Waals surface area contributed by atoms with Crippen LogP contribution in [0.15, 0.2) is 40.9 Å². The number of benzene rings is 2. The van der Waals surface area contributed by atoms with Crippen LogP contribution in [0, 0.1) is 17.4 Å². The highest BCUT2D eigenvalue weighted by Gasteiger charge is 2.17. The molecular weight excluding hydrogens is 415 g/mol. The predicted octanol–water partition coefficient (Wildman–Crippen LogP) is 4.22. The minimum absolute atomic E-state index is 0.00463. The maximum absolute atomic E-state index is 5.79. The van der Waals surface area contributed by atoms with Crippen LogP contribution in [0.3, 0.4) is 0 Å². The minimum atomic E-state index is 0.00463. The van der Waals surface area contributed by atoms with Crippen LogP contribution in [0.1, 0.15) is 28.3 Å². The summed E-state index contributed by atoms with van der Waals surface area (Å²) in [5.41, 5.74) is 7.85. The van der Waals surface area contributed by atoms with Gasteiger partial charge in [0.05, 0.1) is 6.04 Å². The van der Waals surface area contributed by atoms with Crippen molar-refractivity contribution in [2.75, 3.05) is 0 Å².